The Morgan fingerprint density at radius 1 is 1.26 bits per heavy atom. The van der Waals surface area contributed by atoms with Gasteiger partial charge in [0.1, 0.15) is 0 Å². The van der Waals surface area contributed by atoms with Crippen LogP contribution in [-0.4, -0.2) is 23.7 Å². The molecule has 19 heavy (non-hydrogen) atoms. The Morgan fingerprint density at radius 3 is 2.89 bits per heavy atom. The fourth-order valence-electron chi connectivity index (χ4n) is 1.78. The van der Waals surface area contributed by atoms with Gasteiger partial charge in [0.25, 0.3) is 0 Å². The third-order valence-corrected chi connectivity index (χ3v) is 4.29. The Balaban J connectivity index is 1.96. The van der Waals surface area contributed by atoms with Crippen molar-refractivity contribution in [3.05, 3.63) is 44.3 Å². The minimum absolute atomic E-state index is 0.129. The summed E-state index contributed by atoms with van der Waals surface area (Å²) in [5, 5.41) is 15.1. The van der Waals surface area contributed by atoms with Crippen LogP contribution >= 0.6 is 22.7 Å². The highest BCUT2D eigenvalue weighted by atomic mass is 32.1. The second-order valence-corrected chi connectivity index (χ2v) is 6.12. The van der Waals surface area contributed by atoms with Gasteiger partial charge >= 0.3 is 0 Å². The van der Waals surface area contributed by atoms with Crippen molar-refractivity contribution >= 4 is 22.7 Å². The molecule has 2 rings (SSSR count). The van der Waals surface area contributed by atoms with Gasteiger partial charge in [-0.1, -0.05) is 11.8 Å². The predicted molar refractivity (Wildman–Crippen MR) is 82.4 cm³/mol. The van der Waals surface area contributed by atoms with Crippen molar-refractivity contribution in [1.82, 2.24) is 4.90 Å². The molecule has 0 spiro atoms. The van der Waals surface area contributed by atoms with Crippen LogP contribution in [0.2, 0.25) is 0 Å². The van der Waals surface area contributed by atoms with Gasteiger partial charge in [0.05, 0.1) is 6.61 Å². The molecule has 0 aromatic carbocycles. The first-order chi connectivity index (χ1) is 9.29. The summed E-state index contributed by atoms with van der Waals surface area (Å²) in [5.41, 5.74) is 2.45. The molecule has 100 valence electrons. The lowest BCUT2D eigenvalue weighted by Gasteiger charge is -2.15. The van der Waals surface area contributed by atoms with Gasteiger partial charge in [-0.15, -0.1) is 11.3 Å². The minimum Gasteiger partial charge on any atom is -0.395 e. The maximum absolute atomic E-state index is 8.75. The van der Waals surface area contributed by atoms with E-state index in [1.807, 2.05) is 0 Å². The number of hydrogen-bond acceptors (Lipinski definition) is 4. The number of aliphatic hydroxyl groups is 1. The van der Waals surface area contributed by atoms with Crippen molar-refractivity contribution in [2.24, 2.45) is 0 Å². The van der Waals surface area contributed by atoms with E-state index in [2.05, 4.69) is 52.1 Å². The molecular formula is C15H17NOS2. The van der Waals surface area contributed by atoms with Crippen molar-refractivity contribution in [3.8, 4) is 11.8 Å². The van der Waals surface area contributed by atoms with Gasteiger partial charge in [0.2, 0.25) is 0 Å². The number of nitrogens with zero attached hydrogens (tertiary/aromatic N) is 1. The molecule has 1 N–H and O–H groups in total. The summed E-state index contributed by atoms with van der Waals surface area (Å²) in [6, 6.07) is 4.22. The molecule has 0 aliphatic rings. The third kappa shape index (κ3) is 4.48. The van der Waals surface area contributed by atoms with Crippen molar-refractivity contribution in [2.75, 3.05) is 13.7 Å². The predicted octanol–water partition coefficient (Wildman–Crippen LogP) is 3.18. The van der Waals surface area contributed by atoms with E-state index in [4.69, 9.17) is 5.11 Å². The maximum atomic E-state index is 8.75. The SMILES string of the molecule is CN(Cc1ccsc1)Cc1sccc1C#CCCO. The maximum Gasteiger partial charge on any atom is 0.0540 e. The van der Waals surface area contributed by atoms with Gasteiger partial charge in [0.15, 0.2) is 0 Å². The highest BCUT2D eigenvalue weighted by molar-refractivity contribution is 7.10. The van der Waals surface area contributed by atoms with E-state index in [-0.39, 0.29) is 6.61 Å². The van der Waals surface area contributed by atoms with E-state index in [0.29, 0.717) is 6.42 Å². The lowest BCUT2D eigenvalue weighted by Crippen LogP contribution is -2.16. The quantitative estimate of drug-likeness (QED) is 0.855. The van der Waals surface area contributed by atoms with Crippen LogP contribution < -0.4 is 0 Å². The average Bonchev–Trinajstić information content (AvgIpc) is 3.02. The van der Waals surface area contributed by atoms with Crippen LogP contribution in [0.1, 0.15) is 22.4 Å². The largest absolute Gasteiger partial charge is 0.395 e. The molecule has 2 aromatic heterocycles. The fraction of sp³-hybridized carbons (Fsp3) is 0.333. The first kappa shape index (κ1) is 14.3. The topological polar surface area (TPSA) is 23.5 Å². The second-order valence-electron chi connectivity index (χ2n) is 4.34. The van der Waals surface area contributed by atoms with Gasteiger partial charge in [0, 0.05) is 30.0 Å². The number of aliphatic hydroxyl groups excluding tert-OH is 1. The summed E-state index contributed by atoms with van der Waals surface area (Å²) in [5.74, 6) is 6.12. The molecule has 0 bridgehead atoms. The van der Waals surface area contributed by atoms with Crippen molar-refractivity contribution in [2.45, 2.75) is 19.5 Å². The molecule has 0 saturated carbocycles. The monoisotopic (exact) mass is 291 g/mol. The summed E-state index contributed by atoms with van der Waals surface area (Å²) >= 11 is 3.48. The van der Waals surface area contributed by atoms with Crippen molar-refractivity contribution in [3.63, 3.8) is 0 Å². The Bertz CT molecular complexity index is 548. The lowest BCUT2D eigenvalue weighted by atomic mass is 10.2. The smallest absolute Gasteiger partial charge is 0.0540 e. The number of hydrogen-bond donors (Lipinski definition) is 1. The lowest BCUT2D eigenvalue weighted by molar-refractivity contribution is 0.305. The standard InChI is InChI=1S/C15H17NOS2/c1-16(10-13-5-8-18-12-13)11-15-14(6-9-19-15)4-2-3-7-17/h5-6,8-9,12,17H,3,7,10-11H2,1H3. The molecule has 2 heterocycles. The van der Waals surface area contributed by atoms with E-state index < -0.39 is 0 Å². The molecule has 0 aliphatic heterocycles. The summed E-state index contributed by atoms with van der Waals surface area (Å²) < 4.78 is 0. The van der Waals surface area contributed by atoms with E-state index in [1.54, 1.807) is 22.7 Å². The van der Waals surface area contributed by atoms with Gasteiger partial charge in [-0.25, -0.2) is 0 Å². The van der Waals surface area contributed by atoms with Crippen molar-refractivity contribution < 1.29 is 5.11 Å². The Labute approximate surface area is 122 Å². The minimum atomic E-state index is 0.129. The molecule has 2 aromatic rings. The van der Waals surface area contributed by atoms with Crippen LogP contribution in [0.25, 0.3) is 0 Å². The molecular weight excluding hydrogens is 274 g/mol. The molecule has 0 fully saturated rings. The van der Waals surface area contributed by atoms with Gasteiger partial charge < -0.3 is 5.11 Å². The zero-order valence-corrected chi connectivity index (χ0v) is 12.6. The summed E-state index contributed by atoms with van der Waals surface area (Å²) in [4.78, 5) is 3.59. The summed E-state index contributed by atoms with van der Waals surface area (Å²) in [7, 11) is 2.13. The van der Waals surface area contributed by atoms with E-state index in [1.165, 1.54) is 10.4 Å². The molecule has 2 nitrogen and oxygen atoms in total. The van der Waals surface area contributed by atoms with E-state index in [9.17, 15) is 0 Å². The van der Waals surface area contributed by atoms with Gasteiger partial charge in [-0.3, -0.25) is 4.90 Å². The van der Waals surface area contributed by atoms with E-state index >= 15 is 0 Å². The van der Waals surface area contributed by atoms with Crippen LogP contribution in [-0.2, 0) is 13.1 Å². The van der Waals surface area contributed by atoms with Crippen LogP contribution in [0, 0.1) is 11.8 Å². The fourth-order valence-corrected chi connectivity index (χ4v) is 3.35. The first-order valence-electron chi connectivity index (χ1n) is 6.15. The molecule has 0 aliphatic carbocycles. The van der Waals surface area contributed by atoms with E-state index in [0.717, 1.165) is 18.7 Å². The second kappa shape index (κ2) is 7.46. The Morgan fingerprint density at radius 2 is 2.16 bits per heavy atom. The summed E-state index contributed by atoms with van der Waals surface area (Å²) in [6.45, 7) is 2.01. The highest BCUT2D eigenvalue weighted by Crippen LogP contribution is 2.19. The molecule has 0 saturated heterocycles. The average molecular weight is 291 g/mol. The van der Waals surface area contributed by atoms with Gasteiger partial charge in [-0.05, 0) is 40.9 Å². The molecule has 0 atom stereocenters. The number of rotatable bonds is 5. The molecule has 0 amide bonds. The van der Waals surface area contributed by atoms with Crippen molar-refractivity contribution in [1.29, 1.82) is 0 Å². The zero-order valence-electron chi connectivity index (χ0n) is 10.9. The number of thiophene rings is 2. The molecule has 0 radical (unpaired) electrons. The zero-order chi connectivity index (χ0) is 13.5. The van der Waals surface area contributed by atoms with Crippen LogP contribution in [0.15, 0.2) is 28.3 Å². The highest BCUT2D eigenvalue weighted by Gasteiger charge is 2.06. The third-order valence-electron chi connectivity index (χ3n) is 2.65. The Hall–Kier alpha value is -1.12. The molecule has 0 unspecified atom stereocenters. The Kier molecular flexibility index (Phi) is 5.62. The van der Waals surface area contributed by atoms with Crippen LogP contribution in [0.5, 0.6) is 0 Å². The normalized spacial score (nSPS) is 10.5. The van der Waals surface area contributed by atoms with Crippen LogP contribution in [0.4, 0.5) is 0 Å². The van der Waals surface area contributed by atoms with Gasteiger partial charge in [-0.2, -0.15) is 11.3 Å². The molecule has 4 heteroatoms. The first-order valence-corrected chi connectivity index (χ1v) is 7.97. The summed E-state index contributed by atoms with van der Waals surface area (Å²) in [6.07, 6.45) is 0.542. The van der Waals surface area contributed by atoms with Crippen LogP contribution in [0.3, 0.4) is 0 Å².